The van der Waals surface area contributed by atoms with E-state index in [-0.39, 0.29) is 17.2 Å². The molecule has 0 aliphatic heterocycles. The maximum Gasteiger partial charge on any atom is 0.314 e. The molecular weight excluding hydrogens is 292 g/mol. The van der Waals surface area contributed by atoms with Crippen molar-refractivity contribution in [2.24, 2.45) is 0 Å². The van der Waals surface area contributed by atoms with Crippen LogP contribution in [0.2, 0.25) is 0 Å². The summed E-state index contributed by atoms with van der Waals surface area (Å²) in [5, 5.41) is 28.2. The standard InChI is InChI=1S/C7H7NO4.C7H9NO2/c1-12-5-2-3-7(9)6(4-5)8(10)11;1-10-5-2-3-7(9)6(8)4-5/h2-4,9H,1H3;2-4,9H,8H2,1H3. The van der Waals surface area contributed by atoms with Gasteiger partial charge in [0.1, 0.15) is 17.2 Å². The molecule has 0 aliphatic carbocycles. The summed E-state index contributed by atoms with van der Waals surface area (Å²) < 4.78 is 9.60. The van der Waals surface area contributed by atoms with Crippen LogP contribution in [0.3, 0.4) is 0 Å². The highest BCUT2D eigenvalue weighted by Crippen LogP contribution is 2.29. The summed E-state index contributed by atoms with van der Waals surface area (Å²) in [6, 6.07) is 8.53. The van der Waals surface area contributed by atoms with E-state index < -0.39 is 4.92 Å². The predicted molar refractivity (Wildman–Crippen MR) is 80.4 cm³/mol. The smallest absolute Gasteiger partial charge is 0.314 e. The average molecular weight is 308 g/mol. The molecule has 8 nitrogen and oxygen atoms in total. The van der Waals surface area contributed by atoms with Gasteiger partial charge < -0.3 is 25.4 Å². The van der Waals surface area contributed by atoms with E-state index in [1.807, 2.05) is 0 Å². The zero-order valence-electron chi connectivity index (χ0n) is 12.0. The van der Waals surface area contributed by atoms with Gasteiger partial charge in [0.05, 0.1) is 30.9 Å². The fourth-order valence-corrected chi connectivity index (χ4v) is 1.44. The molecule has 0 heterocycles. The Kier molecular flexibility index (Phi) is 5.82. The first-order valence-corrected chi connectivity index (χ1v) is 6.03. The molecule has 0 amide bonds. The Morgan fingerprint density at radius 2 is 1.50 bits per heavy atom. The van der Waals surface area contributed by atoms with Gasteiger partial charge >= 0.3 is 5.69 Å². The molecular formula is C14H16N2O6. The Morgan fingerprint density at radius 3 is 1.95 bits per heavy atom. The quantitative estimate of drug-likeness (QED) is 0.343. The zero-order valence-corrected chi connectivity index (χ0v) is 12.0. The van der Waals surface area contributed by atoms with Crippen molar-refractivity contribution in [3.05, 3.63) is 46.5 Å². The van der Waals surface area contributed by atoms with Gasteiger partial charge in [0.25, 0.3) is 0 Å². The van der Waals surface area contributed by atoms with E-state index in [9.17, 15) is 10.1 Å². The van der Waals surface area contributed by atoms with E-state index in [1.165, 1.54) is 25.3 Å². The molecule has 0 saturated carbocycles. The highest BCUT2D eigenvalue weighted by molar-refractivity contribution is 5.55. The molecule has 0 fully saturated rings. The highest BCUT2D eigenvalue weighted by Gasteiger charge is 2.13. The van der Waals surface area contributed by atoms with Gasteiger partial charge in [-0.15, -0.1) is 0 Å². The van der Waals surface area contributed by atoms with Crippen LogP contribution in [0.15, 0.2) is 36.4 Å². The van der Waals surface area contributed by atoms with Crippen molar-refractivity contribution < 1.29 is 24.6 Å². The summed E-state index contributed by atoms with van der Waals surface area (Å²) in [6.07, 6.45) is 0. The molecule has 118 valence electrons. The Morgan fingerprint density at radius 1 is 1.00 bits per heavy atom. The van der Waals surface area contributed by atoms with Gasteiger partial charge in [0.15, 0.2) is 5.75 Å². The Labute approximate surface area is 126 Å². The second-order valence-electron chi connectivity index (χ2n) is 4.04. The normalized spacial score (nSPS) is 9.36. The molecule has 0 unspecified atom stereocenters. The van der Waals surface area contributed by atoms with Crippen molar-refractivity contribution in [2.75, 3.05) is 20.0 Å². The Bertz CT molecular complexity index is 660. The summed E-state index contributed by atoms with van der Waals surface area (Å²) in [5.41, 5.74) is 5.35. The molecule has 0 radical (unpaired) electrons. The lowest BCUT2D eigenvalue weighted by Gasteiger charge is -2.01. The first kappa shape index (κ1) is 16.9. The molecule has 0 bridgehead atoms. The van der Waals surface area contributed by atoms with Crippen molar-refractivity contribution >= 4 is 11.4 Å². The highest BCUT2D eigenvalue weighted by atomic mass is 16.6. The minimum atomic E-state index is -0.669. The van der Waals surface area contributed by atoms with Crippen molar-refractivity contribution in [2.45, 2.75) is 0 Å². The molecule has 0 spiro atoms. The lowest BCUT2D eigenvalue weighted by atomic mass is 10.3. The van der Waals surface area contributed by atoms with Gasteiger partial charge in [-0.3, -0.25) is 10.1 Å². The summed E-state index contributed by atoms with van der Waals surface area (Å²) in [4.78, 5) is 9.61. The third kappa shape index (κ3) is 4.44. The number of hydrogen-bond acceptors (Lipinski definition) is 7. The summed E-state index contributed by atoms with van der Waals surface area (Å²) >= 11 is 0. The minimum Gasteiger partial charge on any atom is -0.506 e. The van der Waals surface area contributed by atoms with Crippen LogP contribution in [-0.2, 0) is 0 Å². The van der Waals surface area contributed by atoms with Crippen LogP contribution in [0.1, 0.15) is 0 Å². The lowest BCUT2D eigenvalue weighted by molar-refractivity contribution is -0.385. The number of phenolic OH excluding ortho intramolecular Hbond substituents is 2. The molecule has 0 aliphatic rings. The van der Waals surface area contributed by atoms with Crippen LogP contribution in [0.4, 0.5) is 11.4 Å². The number of benzene rings is 2. The third-order valence-corrected chi connectivity index (χ3v) is 2.61. The van der Waals surface area contributed by atoms with Crippen molar-refractivity contribution in [1.82, 2.24) is 0 Å². The number of nitrogen functional groups attached to an aromatic ring is 1. The molecule has 0 atom stereocenters. The summed E-state index contributed by atoms with van der Waals surface area (Å²) in [6.45, 7) is 0. The molecule has 0 aromatic heterocycles. The second-order valence-corrected chi connectivity index (χ2v) is 4.04. The number of aromatic hydroxyl groups is 2. The second kappa shape index (κ2) is 7.58. The van der Waals surface area contributed by atoms with Crippen LogP contribution in [-0.4, -0.2) is 29.4 Å². The van der Waals surface area contributed by atoms with Crippen molar-refractivity contribution in [3.63, 3.8) is 0 Å². The minimum absolute atomic E-state index is 0.0841. The van der Waals surface area contributed by atoms with Gasteiger partial charge in [-0.2, -0.15) is 0 Å². The fraction of sp³-hybridized carbons (Fsp3) is 0.143. The van der Waals surface area contributed by atoms with E-state index in [1.54, 1.807) is 19.2 Å². The van der Waals surface area contributed by atoms with E-state index in [4.69, 9.17) is 25.4 Å². The van der Waals surface area contributed by atoms with E-state index >= 15 is 0 Å². The Balaban J connectivity index is 0.000000224. The number of nitro groups is 1. The first-order chi connectivity index (χ1) is 10.4. The topological polar surface area (TPSA) is 128 Å². The monoisotopic (exact) mass is 308 g/mol. The Hall–Kier alpha value is -3.16. The molecule has 22 heavy (non-hydrogen) atoms. The number of methoxy groups -OCH3 is 2. The zero-order chi connectivity index (χ0) is 16.7. The van der Waals surface area contributed by atoms with Crippen LogP contribution in [0.25, 0.3) is 0 Å². The van der Waals surface area contributed by atoms with Crippen LogP contribution >= 0.6 is 0 Å². The molecule has 2 aromatic rings. The maximum absolute atomic E-state index is 10.3. The van der Waals surface area contributed by atoms with Gasteiger partial charge in [0, 0.05) is 6.07 Å². The average Bonchev–Trinajstić information content (AvgIpc) is 2.51. The number of ether oxygens (including phenoxy) is 2. The number of anilines is 1. The number of hydrogen-bond donors (Lipinski definition) is 3. The largest absolute Gasteiger partial charge is 0.506 e. The van der Waals surface area contributed by atoms with Crippen molar-refractivity contribution in [3.8, 4) is 23.0 Å². The van der Waals surface area contributed by atoms with Crippen LogP contribution in [0.5, 0.6) is 23.0 Å². The molecule has 8 heteroatoms. The third-order valence-electron chi connectivity index (χ3n) is 2.61. The predicted octanol–water partition coefficient (Wildman–Crippen LogP) is 2.29. The number of rotatable bonds is 3. The summed E-state index contributed by atoms with van der Waals surface area (Å²) in [7, 11) is 2.95. The van der Waals surface area contributed by atoms with Gasteiger partial charge in [-0.05, 0) is 24.3 Å². The van der Waals surface area contributed by atoms with E-state index in [2.05, 4.69) is 0 Å². The summed E-state index contributed by atoms with van der Waals surface area (Å²) in [5.74, 6) is 0.719. The maximum atomic E-state index is 10.3. The van der Waals surface area contributed by atoms with Gasteiger partial charge in [0.2, 0.25) is 0 Å². The number of nitrogens with zero attached hydrogens (tertiary/aromatic N) is 1. The molecule has 0 saturated heterocycles. The number of nitrogens with two attached hydrogens (primary N) is 1. The van der Waals surface area contributed by atoms with E-state index in [0.29, 0.717) is 17.2 Å². The number of nitro benzene ring substituents is 1. The van der Waals surface area contributed by atoms with Gasteiger partial charge in [-0.25, -0.2) is 0 Å². The lowest BCUT2D eigenvalue weighted by Crippen LogP contribution is -1.90. The fourth-order valence-electron chi connectivity index (χ4n) is 1.44. The van der Waals surface area contributed by atoms with Crippen LogP contribution in [0, 0.1) is 10.1 Å². The first-order valence-electron chi connectivity index (χ1n) is 6.03. The van der Waals surface area contributed by atoms with Crippen molar-refractivity contribution in [1.29, 1.82) is 0 Å². The molecule has 4 N–H and O–H groups in total. The molecule has 2 aromatic carbocycles. The van der Waals surface area contributed by atoms with Crippen LogP contribution < -0.4 is 15.2 Å². The molecule has 2 rings (SSSR count). The van der Waals surface area contributed by atoms with E-state index in [0.717, 1.165) is 6.07 Å². The van der Waals surface area contributed by atoms with Gasteiger partial charge in [-0.1, -0.05) is 0 Å². The SMILES string of the molecule is COc1ccc(O)c(N)c1.COc1ccc(O)c([N+](=O)[O-])c1. The number of phenols is 2.